The van der Waals surface area contributed by atoms with Crippen molar-refractivity contribution in [1.29, 1.82) is 0 Å². The van der Waals surface area contributed by atoms with Gasteiger partial charge in [0.25, 0.3) is 0 Å². The Bertz CT molecular complexity index is 166. The van der Waals surface area contributed by atoms with Crippen LogP contribution in [0.15, 0.2) is 16.1 Å². The number of allylic oxidation sites excluding steroid dienone is 2. The van der Waals surface area contributed by atoms with E-state index in [1.807, 2.05) is 13.3 Å². The van der Waals surface area contributed by atoms with E-state index in [0.717, 1.165) is 0 Å². The number of hydrogen-bond acceptors (Lipinski definition) is 1. The third-order valence-corrected chi connectivity index (χ3v) is 2.30. The molecule has 0 spiro atoms. The van der Waals surface area contributed by atoms with E-state index in [0.29, 0.717) is 5.92 Å². The van der Waals surface area contributed by atoms with Crippen LogP contribution in [0.5, 0.6) is 0 Å². The Balaban J connectivity index is 4.38. The van der Waals surface area contributed by atoms with Crippen LogP contribution >= 0.6 is 0 Å². The molecule has 0 bridgehead atoms. The molecule has 0 aromatic heterocycles. The lowest BCUT2D eigenvalue weighted by atomic mass is 9.96. The van der Waals surface area contributed by atoms with Crippen LogP contribution in [-0.4, -0.2) is 13.3 Å². The van der Waals surface area contributed by atoms with E-state index in [1.165, 1.54) is 17.6 Å². The van der Waals surface area contributed by atoms with Gasteiger partial charge in [-0.1, -0.05) is 19.4 Å². The van der Waals surface area contributed by atoms with Gasteiger partial charge in [0.2, 0.25) is 0 Å². The second kappa shape index (κ2) is 5.11. The van der Waals surface area contributed by atoms with Crippen molar-refractivity contribution in [2.45, 2.75) is 34.1 Å². The van der Waals surface area contributed by atoms with Gasteiger partial charge in [-0.15, -0.1) is 0 Å². The lowest BCUT2D eigenvalue weighted by molar-refractivity contribution is 0.652. The van der Waals surface area contributed by atoms with Gasteiger partial charge in [0.15, 0.2) is 0 Å². The monoisotopic (exact) mass is 153 g/mol. The molecule has 0 rings (SSSR count). The summed E-state index contributed by atoms with van der Waals surface area (Å²) in [6.07, 6.45) is 3.14. The van der Waals surface area contributed by atoms with Crippen LogP contribution in [0.1, 0.15) is 34.1 Å². The van der Waals surface area contributed by atoms with Crippen LogP contribution in [0, 0.1) is 5.92 Å². The zero-order valence-electron chi connectivity index (χ0n) is 8.31. The second-order valence-corrected chi connectivity index (χ2v) is 3.06. The topological polar surface area (TPSA) is 12.4 Å². The van der Waals surface area contributed by atoms with Gasteiger partial charge in [-0.3, -0.25) is 4.99 Å². The third-order valence-electron chi connectivity index (χ3n) is 2.30. The summed E-state index contributed by atoms with van der Waals surface area (Å²) < 4.78 is 0. The molecule has 0 aromatic rings. The Morgan fingerprint density at radius 1 is 1.45 bits per heavy atom. The molecular weight excluding hydrogens is 134 g/mol. The maximum atomic E-state index is 3.99. The minimum absolute atomic E-state index is 0.688. The van der Waals surface area contributed by atoms with Gasteiger partial charge in [0, 0.05) is 13.3 Å². The molecule has 0 radical (unpaired) electrons. The van der Waals surface area contributed by atoms with Crippen molar-refractivity contribution < 1.29 is 0 Å². The molecule has 1 unspecified atom stereocenters. The minimum atomic E-state index is 0.688. The normalized spacial score (nSPS) is 16.8. The lowest BCUT2D eigenvalue weighted by Crippen LogP contribution is -1.97. The van der Waals surface area contributed by atoms with E-state index in [-0.39, 0.29) is 0 Å². The smallest absolute Gasteiger partial charge is 0.0277 e. The van der Waals surface area contributed by atoms with Crippen molar-refractivity contribution >= 4 is 6.21 Å². The van der Waals surface area contributed by atoms with Crippen molar-refractivity contribution in [2.75, 3.05) is 7.05 Å². The van der Waals surface area contributed by atoms with Crippen molar-refractivity contribution in [2.24, 2.45) is 10.9 Å². The quantitative estimate of drug-likeness (QED) is 0.552. The Labute approximate surface area is 70.2 Å². The molecule has 0 heterocycles. The first-order valence-corrected chi connectivity index (χ1v) is 4.23. The van der Waals surface area contributed by atoms with Crippen LogP contribution in [0.2, 0.25) is 0 Å². The van der Waals surface area contributed by atoms with E-state index in [2.05, 4.69) is 32.7 Å². The highest BCUT2D eigenvalue weighted by molar-refractivity contribution is 5.78. The number of hydrogen-bond donors (Lipinski definition) is 0. The number of rotatable bonds is 3. The number of nitrogens with zero attached hydrogens (tertiary/aromatic N) is 1. The maximum Gasteiger partial charge on any atom is 0.0277 e. The zero-order chi connectivity index (χ0) is 8.85. The summed E-state index contributed by atoms with van der Waals surface area (Å²) in [4.78, 5) is 3.99. The van der Waals surface area contributed by atoms with Gasteiger partial charge in [-0.05, 0) is 31.8 Å². The highest BCUT2D eigenvalue weighted by Gasteiger charge is 2.02. The molecule has 0 aliphatic rings. The Morgan fingerprint density at radius 2 is 2.00 bits per heavy atom. The number of aliphatic imine (C=N–C) groups is 1. The Kier molecular flexibility index (Phi) is 4.84. The van der Waals surface area contributed by atoms with Gasteiger partial charge in [0.1, 0.15) is 0 Å². The molecule has 1 heteroatoms. The predicted octanol–water partition coefficient (Wildman–Crippen LogP) is 3.07. The molecule has 64 valence electrons. The molecular formula is C10H19N. The largest absolute Gasteiger partial charge is 0.296 e. The standard InChI is InChI=1S/C10H19N/c1-6-8(2)10(4)9(3)7-11-5/h7-8H,6H2,1-5H3/b10-9-,11-7?. The molecule has 0 aromatic carbocycles. The second-order valence-electron chi connectivity index (χ2n) is 3.06. The average Bonchev–Trinajstić information content (AvgIpc) is 2.02. The first kappa shape index (κ1) is 10.4. The Morgan fingerprint density at radius 3 is 2.36 bits per heavy atom. The van der Waals surface area contributed by atoms with E-state index >= 15 is 0 Å². The molecule has 0 amide bonds. The maximum absolute atomic E-state index is 3.99. The summed E-state index contributed by atoms with van der Waals surface area (Å²) in [7, 11) is 1.81. The molecule has 0 saturated carbocycles. The van der Waals surface area contributed by atoms with Crippen LogP contribution < -0.4 is 0 Å². The van der Waals surface area contributed by atoms with Crippen molar-refractivity contribution in [3.05, 3.63) is 11.1 Å². The van der Waals surface area contributed by atoms with E-state index in [9.17, 15) is 0 Å². The fourth-order valence-electron chi connectivity index (χ4n) is 0.990. The SMILES string of the molecule is CCC(C)/C(C)=C(/C)C=NC. The van der Waals surface area contributed by atoms with Crippen molar-refractivity contribution in [1.82, 2.24) is 0 Å². The average molecular weight is 153 g/mol. The van der Waals surface area contributed by atoms with E-state index < -0.39 is 0 Å². The summed E-state index contributed by atoms with van der Waals surface area (Å²) >= 11 is 0. The van der Waals surface area contributed by atoms with Crippen molar-refractivity contribution in [3.8, 4) is 0 Å². The van der Waals surface area contributed by atoms with Crippen LogP contribution in [0.4, 0.5) is 0 Å². The fraction of sp³-hybridized carbons (Fsp3) is 0.700. The van der Waals surface area contributed by atoms with Crippen LogP contribution in [0.25, 0.3) is 0 Å². The van der Waals surface area contributed by atoms with E-state index in [1.54, 1.807) is 0 Å². The highest BCUT2D eigenvalue weighted by atomic mass is 14.6. The lowest BCUT2D eigenvalue weighted by Gasteiger charge is -2.10. The van der Waals surface area contributed by atoms with Crippen LogP contribution in [-0.2, 0) is 0 Å². The molecule has 11 heavy (non-hydrogen) atoms. The molecule has 0 aliphatic heterocycles. The predicted molar refractivity (Wildman–Crippen MR) is 52.2 cm³/mol. The molecule has 0 fully saturated rings. The third kappa shape index (κ3) is 3.35. The molecule has 1 atom stereocenters. The van der Waals surface area contributed by atoms with Gasteiger partial charge < -0.3 is 0 Å². The minimum Gasteiger partial charge on any atom is -0.296 e. The van der Waals surface area contributed by atoms with Crippen LogP contribution in [0.3, 0.4) is 0 Å². The Hall–Kier alpha value is -0.590. The summed E-state index contributed by atoms with van der Waals surface area (Å²) in [6.45, 7) is 8.77. The molecule has 0 aliphatic carbocycles. The van der Waals surface area contributed by atoms with Gasteiger partial charge >= 0.3 is 0 Å². The highest BCUT2D eigenvalue weighted by Crippen LogP contribution is 2.16. The van der Waals surface area contributed by atoms with E-state index in [4.69, 9.17) is 0 Å². The summed E-state index contributed by atoms with van der Waals surface area (Å²) in [6, 6.07) is 0. The molecule has 0 N–H and O–H groups in total. The zero-order valence-corrected chi connectivity index (χ0v) is 8.31. The first-order chi connectivity index (χ1) is 5.13. The molecule has 1 nitrogen and oxygen atoms in total. The van der Waals surface area contributed by atoms with Gasteiger partial charge in [-0.2, -0.15) is 0 Å². The summed E-state index contributed by atoms with van der Waals surface area (Å²) in [5.41, 5.74) is 2.76. The summed E-state index contributed by atoms with van der Waals surface area (Å²) in [5.74, 6) is 0.688. The molecule has 0 saturated heterocycles. The van der Waals surface area contributed by atoms with Gasteiger partial charge in [-0.25, -0.2) is 0 Å². The summed E-state index contributed by atoms with van der Waals surface area (Å²) in [5, 5.41) is 0. The fourth-order valence-corrected chi connectivity index (χ4v) is 0.990. The van der Waals surface area contributed by atoms with Gasteiger partial charge in [0.05, 0.1) is 0 Å². The van der Waals surface area contributed by atoms with Crippen molar-refractivity contribution in [3.63, 3.8) is 0 Å². The first-order valence-electron chi connectivity index (χ1n) is 4.23.